The van der Waals surface area contributed by atoms with Crippen molar-refractivity contribution in [2.75, 3.05) is 12.2 Å². The summed E-state index contributed by atoms with van der Waals surface area (Å²) in [6, 6.07) is 6.70. The van der Waals surface area contributed by atoms with Crippen LogP contribution in [0, 0.1) is 18.6 Å². The summed E-state index contributed by atoms with van der Waals surface area (Å²) in [5.74, 6) is -1.30. The van der Waals surface area contributed by atoms with Crippen molar-refractivity contribution in [1.82, 2.24) is 0 Å². The van der Waals surface area contributed by atoms with E-state index in [1.54, 1.807) is 0 Å². The van der Waals surface area contributed by atoms with E-state index in [2.05, 4.69) is 4.74 Å². The van der Waals surface area contributed by atoms with Gasteiger partial charge in [0.2, 0.25) is 0 Å². The zero-order valence-electron chi connectivity index (χ0n) is 14.2. The first-order valence-corrected chi connectivity index (χ1v) is 7.65. The molecule has 2 aromatic rings. The second-order valence-corrected chi connectivity index (χ2v) is 5.37. The largest absolute Gasteiger partial charge is 0.486 e. The summed E-state index contributed by atoms with van der Waals surface area (Å²) < 4.78 is 38.0. The SMILES string of the molecule is CCc1cc(F)c(OCc2c(F)cccc2N(O)C(=O)OC)cc1C. The van der Waals surface area contributed by atoms with Gasteiger partial charge in [0.15, 0.2) is 11.6 Å². The van der Waals surface area contributed by atoms with Gasteiger partial charge >= 0.3 is 6.09 Å². The van der Waals surface area contributed by atoms with Gasteiger partial charge in [0.1, 0.15) is 12.4 Å². The van der Waals surface area contributed by atoms with Gasteiger partial charge in [0.05, 0.1) is 18.4 Å². The Bertz CT molecular complexity index is 780. The van der Waals surface area contributed by atoms with Crippen LogP contribution in [-0.2, 0) is 17.8 Å². The van der Waals surface area contributed by atoms with Crippen LogP contribution in [0.25, 0.3) is 0 Å². The first kappa shape index (κ1) is 18.7. The Morgan fingerprint density at radius 1 is 1.24 bits per heavy atom. The predicted molar refractivity (Wildman–Crippen MR) is 87.9 cm³/mol. The number of carbonyl (C=O) groups is 1. The number of ether oxygens (including phenoxy) is 2. The Morgan fingerprint density at radius 3 is 2.60 bits per heavy atom. The number of methoxy groups -OCH3 is 1. The molecule has 1 N–H and O–H groups in total. The number of hydrogen-bond acceptors (Lipinski definition) is 4. The minimum absolute atomic E-state index is 0.0357. The summed E-state index contributed by atoms with van der Waals surface area (Å²) in [6.45, 7) is 3.36. The predicted octanol–water partition coefficient (Wildman–Crippen LogP) is 4.38. The number of aryl methyl sites for hydroxylation is 2. The summed E-state index contributed by atoms with van der Waals surface area (Å²) in [7, 11) is 1.08. The lowest BCUT2D eigenvalue weighted by molar-refractivity contribution is 0.140. The molecule has 0 aliphatic rings. The Labute approximate surface area is 144 Å². The molecule has 134 valence electrons. The van der Waals surface area contributed by atoms with Crippen LogP contribution in [0.1, 0.15) is 23.6 Å². The number of benzene rings is 2. The van der Waals surface area contributed by atoms with Crippen LogP contribution >= 0.6 is 0 Å². The van der Waals surface area contributed by atoms with E-state index >= 15 is 0 Å². The number of rotatable bonds is 5. The molecule has 0 saturated heterocycles. The van der Waals surface area contributed by atoms with E-state index in [4.69, 9.17) is 4.74 Å². The molecule has 0 saturated carbocycles. The quantitative estimate of drug-likeness (QED) is 0.642. The van der Waals surface area contributed by atoms with Crippen molar-refractivity contribution in [3.05, 3.63) is 58.7 Å². The van der Waals surface area contributed by atoms with E-state index in [-0.39, 0.29) is 28.7 Å². The zero-order valence-corrected chi connectivity index (χ0v) is 14.2. The molecule has 0 bridgehead atoms. The van der Waals surface area contributed by atoms with Gasteiger partial charge in [-0.25, -0.2) is 13.6 Å². The minimum atomic E-state index is -1.08. The minimum Gasteiger partial charge on any atom is -0.486 e. The highest BCUT2D eigenvalue weighted by Crippen LogP contribution is 2.27. The fourth-order valence-corrected chi connectivity index (χ4v) is 2.41. The maximum atomic E-state index is 14.1. The number of carbonyl (C=O) groups excluding carboxylic acids is 1. The zero-order chi connectivity index (χ0) is 18.6. The van der Waals surface area contributed by atoms with Crippen LogP contribution in [-0.4, -0.2) is 18.4 Å². The Kier molecular flexibility index (Phi) is 5.93. The lowest BCUT2D eigenvalue weighted by Gasteiger charge is -2.18. The number of amides is 1. The second-order valence-electron chi connectivity index (χ2n) is 5.37. The highest BCUT2D eigenvalue weighted by molar-refractivity contribution is 5.85. The van der Waals surface area contributed by atoms with Crippen molar-refractivity contribution in [3.8, 4) is 5.75 Å². The summed E-state index contributed by atoms with van der Waals surface area (Å²) in [5, 5.41) is 9.99. The summed E-state index contributed by atoms with van der Waals surface area (Å²) in [4.78, 5) is 11.4. The number of halogens is 2. The molecular formula is C18H19F2NO4. The molecule has 0 radical (unpaired) electrons. The van der Waals surface area contributed by atoms with Gasteiger partial charge in [-0.05, 0) is 48.7 Å². The molecule has 2 rings (SSSR count). The molecular weight excluding hydrogens is 332 g/mol. The van der Waals surface area contributed by atoms with Gasteiger partial charge < -0.3 is 9.47 Å². The normalized spacial score (nSPS) is 10.5. The third-order valence-electron chi connectivity index (χ3n) is 3.81. The Morgan fingerprint density at radius 2 is 1.96 bits per heavy atom. The molecule has 0 spiro atoms. The molecule has 25 heavy (non-hydrogen) atoms. The van der Waals surface area contributed by atoms with Crippen molar-refractivity contribution in [1.29, 1.82) is 0 Å². The smallest absolute Gasteiger partial charge is 0.438 e. The van der Waals surface area contributed by atoms with Gasteiger partial charge in [-0.3, -0.25) is 5.21 Å². The van der Waals surface area contributed by atoms with E-state index in [0.29, 0.717) is 6.42 Å². The van der Waals surface area contributed by atoms with Gasteiger partial charge in [0.25, 0.3) is 0 Å². The molecule has 0 aliphatic carbocycles. The van der Waals surface area contributed by atoms with Crippen LogP contribution in [0.15, 0.2) is 30.3 Å². The standard InChI is InChI=1S/C18H19F2NO4/c1-4-12-9-15(20)17(8-11(12)2)25-10-13-14(19)6-5-7-16(13)21(23)18(22)24-3/h5-9,23H,4,10H2,1-3H3. The second kappa shape index (κ2) is 7.94. The third kappa shape index (κ3) is 4.06. The molecule has 2 aromatic carbocycles. The molecule has 1 amide bonds. The van der Waals surface area contributed by atoms with E-state index in [0.717, 1.165) is 24.3 Å². The number of hydrogen-bond donors (Lipinski definition) is 1. The molecule has 0 fully saturated rings. The lowest BCUT2D eigenvalue weighted by atomic mass is 10.1. The van der Waals surface area contributed by atoms with E-state index < -0.39 is 17.7 Å². The van der Waals surface area contributed by atoms with Crippen molar-refractivity contribution in [3.63, 3.8) is 0 Å². The van der Waals surface area contributed by atoms with Crippen LogP contribution in [0.3, 0.4) is 0 Å². The fourth-order valence-electron chi connectivity index (χ4n) is 2.41. The summed E-state index contributed by atoms with van der Waals surface area (Å²) in [6.07, 6.45) is -0.403. The van der Waals surface area contributed by atoms with Gasteiger partial charge in [-0.2, -0.15) is 5.06 Å². The highest BCUT2D eigenvalue weighted by atomic mass is 19.1. The van der Waals surface area contributed by atoms with Crippen molar-refractivity contribution < 1.29 is 28.3 Å². The maximum absolute atomic E-state index is 14.1. The molecule has 0 aliphatic heterocycles. The first-order valence-electron chi connectivity index (χ1n) is 7.65. The van der Waals surface area contributed by atoms with E-state index in [1.807, 2.05) is 13.8 Å². The van der Waals surface area contributed by atoms with Crippen LogP contribution in [0.5, 0.6) is 5.75 Å². The Hall–Kier alpha value is -2.67. The fraction of sp³-hybridized carbons (Fsp3) is 0.278. The summed E-state index contributed by atoms with van der Waals surface area (Å²) in [5.41, 5.74) is 1.45. The van der Waals surface area contributed by atoms with Crippen molar-refractivity contribution >= 4 is 11.8 Å². The van der Waals surface area contributed by atoms with Crippen LogP contribution in [0.2, 0.25) is 0 Å². The number of hydroxylamine groups is 1. The average Bonchev–Trinajstić information content (AvgIpc) is 2.61. The maximum Gasteiger partial charge on any atom is 0.438 e. The van der Waals surface area contributed by atoms with Gasteiger partial charge in [0, 0.05) is 0 Å². The first-order chi connectivity index (χ1) is 11.9. The summed E-state index contributed by atoms with van der Waals surface area (Å²) >= 11 is 0. The molecule has 0 unspecified atom stereocenters. The molecule has 5 nitrogen and oxygen atoms in total. The van der Waals surface area contributed by atoms with E-state index in [9.17, 15) is 18.8 Å². The molecule has 0 aromatic heterocycles. The van der Waals surface area contributed by atoms with Crippen molar-refractivity contribution in [2.45, 2.75) is 26.9 Å². The topological polar surface area (TPSA) is 59.0 Å². The number of anilines is 1. The molecule has 0 atom stereocenters. The van der Waals surface area contributed by atoms with Crippen molar-refractivity contribution in [2.24, 2.45) is 0 Å². The van der Waals surface area contributed by atoms with Crippen LogP contribution in [0.4, 0.5) is 19.3 Å². The average molecular weight is 351 g/mol. The Balaban J connectivity index is 2.30. The molecule has 0 heterocycles. The van der Waals surface area contributed by atoms with Crippen LogP contribution < -0.4 is 9.80 Å². The van der Waals surface area contributed by atoms with E-state index in [1.165, 1.54) is 24.3 Å². The number of nitrogens with zero attached hydrogens (tertiary/aromatic N) is 1. The monoisotopic (exact) mass is 351 g/mol. The highest BCUT2D eigenvalue weighted by Gasteiger charge is 2.20. The molecule has 7 heteroatoms. The van der Waals surface area contributed by atoms with Gasteiger partial charge in [-0.1, -0.05) is 13.0 Å². The van der Waals surface area contributed by atoms with Gasteiger partial charge in [-0.15, -0.1) is 0 Å². The lowest BCUT2D eigenvalue weighted by Crippen LogP contribution is -2.28. The third-order valence-corrected chi connectivity index (χ3v) is 3.81.